The van der Waals surface area contributed by atoms with Gasteiger partial charge in [0.25, 0.3) is 0 Å². The number of aliphatic hydroxyl groups is 1. The Labute approximate surface area is 127 Å². The van der Waals surface area contributed by atoms with Gasteiger partial charge in [-0.15, -0.1) is 0 Å². The lowest BCUT2D eigenvalue weighted by atomic mass is 10.0. The first-order valence-electron chi connectivity index (χ1n) is 6.83. The van der Waals surface area contributed by atoms with Crippen molar-refractivity contribution in [1.29, 1.82) is 0 Å². The van der Waals surface area contributed by atoms with Crippen LogP contribution in [0.4, 0.5) is 13.2 Å². The molecule has 1 aromatic carbocycles. The minimum atomic E-state index is -4.43. The van der Waals surface area contributed by atoms with Crippen molar-refractivity contribution >= 4 is 9.84 Å². The van der Waals surface area contributed by atoms with Crippen LogP contribution in [-0.2, 0) is 16.0 Å². The van der Waals surface area contributed by atoms with E-state index in [2.05, 4.69) is 0 Å². The molecule has 1 aliphatic heterocycles. The molecule has 124 valence electrons. The van der Waals surface area contributed by atoms with E-state index >= 15 is 0 Å². The average Bonchev–Trinajstić information content (AvgIpc) is 2.76. The van der Waals surface area contributed by atoms with Crippen LogP contribution in [0.2, 0.25) is 0 Å². The molecule has 0 saturated carbocycles. The van der Waals surface area contributed by atoms with Crippen molar-refractivity contribution in [3.05, 3.63) is 35.4 Å². The number of hydrogen-bond acceptors (Lipinski definition) is 4. The zero-order chi connectivity index (χ0) is 16.5. The summed E-state index contributed by atoms with van der Waals surface area (Å²) in [4.78, 5) is 1.72. The summed E-state index contributed by atoms with van der Waals surface area (Å²) in [5, 5.41) is 9.78. The number of halogens is 3. The standard InChI is InChI=1S/C14H18F3NO3S/c1-22(20,21)6-5-18-9-12(19)8-13(18)10-3-2-4-11(7-10)14(15,16)17/h2-4,7,12-13,19H,5-6,8-9H2,1H3/t12-,13+/m0/s1. The summed E-state index contributed by atoms with van der Waals surface area (Å²) in [6, 6.07) is 4.56. The molecule has 2 atom stereocenters. The van der Waals surface area contributed by atoms with E-state index in [1.807, 2.05) is 0 Å². The first-order valence-corrected chi connectivity index (χ1v) is 8.89. The molecule has 1 aliphatic rings. The Balaban J connectivity index is 2.21. The molecule has 0 spiro atoms. The van der Waals surface area contributed by atoms with E-state index in [0.717, 1.165) is 18.4 Å². The molecule has 0 bridgehead atoms. The van der Waals surface area contributed by atoms with Gasteiger partial charge < -0.3 is 5.11 Å². The number of nitrogens with zero attached hydrogens (tertiary/aromatic N) is 1. The van der Waals surface area contributed by atoms with E-state index in [1.54, 1.807) is 11.0 Å². The molecule has 8 heteroatoms. The Bertz CT molecular complexity index is 630. The number of β-amino-alcohol motifs (C(OH)–C–C–N with tert-alkyl or cyclic N) is 1. The first-order chi connectivity index (χ1) is 10.1. The highest BCUT2D eigenvalue weighted by atomic mass is 32.2. The molecule has 0 aromatic heterocycles. The number of alkyl halides is 3. The summed E-state index contributed by atoms with van der Waals surface area (Å²) in [5.41, 5.74) is -0.297. The third kappa shape index (κ3) is 4.44. The highest BCUT2D eigenvalue weighted by molar-refractivity contribution is 7.90. The molecular formula is C14H18F3NO3S. The van der Waals surface area contributed by atoms with Gasteiger partial charge in [-0.2, -0.15) is 13.2 Å². The summed E-state index contributed by atoms with van der Waals surface area (Å²) < 4.78 is 60.9. The molecule has 0 aliphatic carbocycles. The second-order valence-electron chi connectivity index (χ2n) is 5.65. The summed E-state index contributed by atoms with van der Waals surface area (Å²) in [7, 11) is -3.17. The summed E-state index contributed by atoms with van der Waals surface area (Å²) in [6.07, 6.45) is -3.69. The van der Waals surface area contributed by atoms with Gasteiger partial charge >= 0.3 is 6.18 Å². The molecule has 0 unspecified atom stereocenters. The summed E-state index contributed by atoms with van der Waals surface area (Å²) in [6.45, 7) is 0.452. The van der Waals surface area contributed by atoms with Crippen molar-refractivity contribution in [1.82, 2.24) is 4.90 Å². The topological polar surface area (TPSA) is 57.6 Å². The van der Waals surface area contributed by atoms with E-state index in [-0.39, 0.29) is 18.8 Å². The number of sulfone groups is 1. The molecule has 4 nitrogen and oxygen atoms in total. The molecule has 1 fully saturated rings. The van der Waals surface area contributed by atoms with E-state index in [4.69, 9.17) is 0 Å². The third-order valence-electron chi connectivity index (χ3n) is 3.73. The minimum absolute atomic E-state index is 0.0881. The Morgan fingerprint density at radius 1 is 1.36 bits per heavy atom. The van der Waals surface area contributed by atoms with Crippen LogP contribution in [0.1, 0.15) is 23.6 Å². The molecule has 1 heterocycles. The Morgan fingerprint density at radius 2 is 2.05 bits per heavy atom. The van der Waals surface area contributed by atoms with Gasteiger partial charge in [-0.25, -0.2) is 8.42 Å². The van der Waals surface area contributed by atoms with Gasteiger partial charge in [-0.3, -0.25) is 4.90 Å². The van der Waals surface area contributed by atoms with E-state index < -0.39 is 33.7 Å². The van der Waals surface area contributed by atoms with Crippen LogP contribution in [-0.4, -0.2) is 49.6 Å². The Hall–Kier alpha value is -1.12. The van der Waals surface area contributed by atoms with Crippen LogP contribution in [0.15, 0.2) is 24.3 Å². The maximum Gasteiger partial charge on any atom is 0.416 e. The zero-order valence-electron chi connectivity index (χ0n) is 12.0. The van der Waals surface area contributed by atoms with Crippen molar-refractivity contribution in [3.8, 4) is 0 Å². The smallest absolute Gasteiger partial charge is 0.392 e. The molecule has 0 radical (unpaired) electrons. The van der Waals surface area contributed by atoms with Gasteiger partial charge in [-0.1, -0.05) is 12.1 Å². The second-order valence-corrected chi connectivity index (χ2v) is 7.91. The monoisotopic (exact) mass is 337 g/mol. The molecular weight excluding hydrogens is 319 g/mol. The van der Waals surface area contributed by atoms with Crippen molar-refractivity contribution in [2.45, 2.75) is 24.7 Å². The third-order valence-corrected chi connectivity index (χ3v) is 4.65. The maximum absolute atomic E-state index is 12.8. The fraction of sp³-hybridized carbons (Fsp3) is 0.571. The average molecular weight is 337 g/mol. The Kier molecular flexibility index (Phi) is 4.84. The van der Waals surface area contributed by atoms with Gasteiger partial charge in [-0.05, 0) is 24.1 Å². The summed E-state index contributed by atoms with van der Waals surface area (Å²) >= 11 is 0. The van der Waals surface area contributed by atoms with Crippen LogP contribution in [0.3, 0.4) is 0 Å². The van der Waals surface area contributed by atoms with Gasteiger partial charge in [0, 0.05) is 25.4 Å². The number of hydrogen-bond donors (Lipinski definition) is 1. The highest BCUT2D eigenvalue weighted by Crippen LogP contribution is 2.35. The number of benzene rings is 1. The lowest BCUT2D eigenvalue weighted by molar-refractivity contribution is -0.137. The van der Waals surface area contributed by atoms with Gasteiger partial charge in [0.2, 0.25) is 0 Å². The van der Waals surface area contributed by atoms with Crippen LogP contribution < -0.4 is 0 Å². The molecule has 0 amide bonds. The molecule has 22 heavy (non-hydrogen) atoms. The molecule has 1 saturated heterocycles. The summed E-state index contributed by atoms with van der Waals surface area (Å²) in [5.74, 6) is -0.0881. The fourth-order valence-corrected chi connectivity index (χ4v) is 3.24. The number of rotatable bonds is 4. The SMILES string of the molecule is CS(=O)(=O)CCN1C[C@@H](O)C[C@@H]1c1cccc(C(F)(F)F)c1. The van der Waals surface area contributed by atoms with Crippen molar-refractivity contribution < 1.29 is 26.7 Å². The maximum atomic E-state index is 12.8. The normalized spacial score (nSPS) is 23.9. The van der Waals surface area contributed by atoms with Crippen LogP contribution >= 0.6 is 0 Å². The lowest BCUT2D eigenvalue weighted by Crippen LogP contribution is -2.30. The number of aliphatic hydroxyl groups excluding tert-OH is 1. The predicted octanol–water partition coefficient (Wildman–Crippen LogP) is 1.86. The minimum Gasteiger partial charge on any atom is -0.392 e. The van der Waals surface area contributed by atoms with E-state index in [9.17, 15) is 26.7 Å². The predicted molar refractivity (Wildman–Crippen MR) is 76.1 cm³/mol. The van der Waals surface area contributed by atoms with Crippen LogP contribution in [0, 0.1) is 0 Å². The second kappa shape index (κ2) is 6.17. The Morgan fingerprint density at radius 3 is 2.64 bits per heavy atom. The van der Waals surface area contributed by atoms with Crippen LogP contribution in [0.25, 0.3) is 0 Å². The van der Waals surface area contributed by atoms with E-state index in [1.165, 1.54) is 6.07 Å². The number of likely N-dealkylation sites (tertiary alicyclic amines) is 1. The quantitative estimate of drug-likeness (QED) is 0.911. The largest absolute Gasteiger partial charge is 0.416 e. The fourth-order valence-electron chi connectivity index (χ4n) is 2.68. The highest BCUT2D eigenvalue weighted by Gasteiger charge is 2.35. The molecule has 1 N–H and O–H groups in total. The van der Waals surface area contributed by atoms with Crippen molar-refractivity contribution in [2.75, 3.05) is 25.1 Å². The molecule has 2 rings (SSSR count). The van der Waals surface area contributed by atoms with E-state index in [0.29, 0.717) is 12.0 Å². The molecule has 1 aromatic rings. The van der Waals surface area contributed by atoms with Gasteiger partial charge in [0.1, 0.15) is 9.84 Å². The van der Waals surface area contributed by atoms with Gasteiger partial charge in [0.05, 0.1) is 17.4 Å². The van der Waals surface area contributed by atoms with Gasteiger partial charge in [0.15, 0.2) is 0 Å². The van der Waals surface area contributed by atoms with Crippen molar-refractivity contribution in [3.63, 3.8) is 0 Å². The van der Waals surface area contributed by atoms with Crippen LogP contribution in [0.5, 0.6) is 0 Å². The zero-order valence-corrected chi connectivity index (χ0v) is 12.9. The lowest BCUT2D eigenvalue weighted by Gasteiger charge is -2.24. The first kappa shape index (κ1) is 17.2. The van der Waals surface area contributed by atoms with Crippen molar-refractivity contribution in [2.24, 2.45) is 0 Å².